The Labute approximate surface area is 130 Å². The standard InChI is InChI=1S/C14H18ClN3O2S/c1-12(9-15)11-21(19,20)17-14-5-3-13(4-6-14)10-18-8-2-7-16-18/h2-8,12,17H,9-11H2,1H3. The van der Waals surface area contributed by atoms with E-state index in [1.807, 2.05) is 24.4 Å². The summed E-state index contributed by atoms with van der Waals surface area (Å²) < 4.78 is 28.2. The lowest BCUT2D eigenvalue weighted by Gasteiger charge is -2.11. The molecule has 0 saturated carbocycles. The lowest BCUT2D eigenvalue weighted by atomic mass is 10.2. The third kappa shape index (κ3) is 5.06. The molecule has 1 aromatic heterocycles. The second kappa shape index (κ2) is 6.95. The van der Waals surface area contributed by atoms with Gasteiger partial charge >= 0.3 is 0 Å². The summed E-state index contributed by atoms with van der Waals surface area (Å²) in [7, 11) is -3.36. The van der Waals surface area contributed by atoms with Crippen molar-refractivity contribution in [1.29, 1.82) is 0 Å². The number of hydrogen-bond donors (Lipinski definition) is 1. The molecule has 2 rings (SSSR count). The summed E-state index contributed by atoms with van der Waals surface area (Å²) in [6.45, 7) is 2.46. The van der Waals surface area contributed by atoms with Gasteiger partial charge in [-0.15, -0.1) is 11.6 Å². The Morgan fingerprint density at radius 2 is 2.05 bits per heavy atom. The first-order valence-electron chi connectivity index (χ1n) is 6.61. The van der Waals surface area contributed by atoms with E-state index < -0.39 is 10.0 Å². The van der Waals surface area contributed by atoms with Crippen LogP contribution in [0.4, 0.5) is 5.69 Å². The minimum absolute atomic E-state index is 0.0194. The zero-order valence-electron chi connectivity index (χ0n) is 11.7. The molecular weight excluding hydrogens is 310 g/mol. The Kier molecular flexibility index (Phi) is 5.25. The summed E-state index contributed by atoms with van der Waals surface area (Å²) in [6, 6.07) is 9.12. The van der Waals surface area contributed by atoms with Crippen LogP contribution in [-0.2, 0) is 16.6 Å². The lowest BCUT2D eigenvalue weighted by Crippen LogP contribution is -2.22. The van der Waals surface area contributed by atoms with E-state index in [2.05, 4.69) is 9.82 Å². The van der Waals surface area contributed by atoms with E-state index in [9.17, 15) is 8.42 Å². The van der Waals surface area contributed by atoms with Gasteiger partial charge in [-0.3, -0.25) is 9.40 Å². The Hall–Kier alpha value is -1.53. The van der Waals surface area contributed by atoms with Crippen molar-refractivity contribution >= 4 is 27.3 Å². The molecule has 1 aromatic carbocycles. The van der Waals surface area contributed by atoms with Crippen molar-refractivity contribution in [3.05, 3.63) is 48.3 Å². The molecule has 0 amide bonds. The molecule has 0 radical (unpaired) electrons. The van der Waals surface area contributed by atoms with Gasteiger partial charge in [-0.1, -0.05) is 19.1 Å². The number of benzene rings is 1. The predicted octanol–water partition coefficient (Wildman–Crippen LogP) is 2.55. The maximum absolute atomic E-state index is 11.9. The molecule has 1 unspecified atom stereocenters. The van der Waals surface area contributed by atoms with E-state index >= 15 is 0 Å². The fraction of sp³-hybridized carbons (Fsp3) is 0.357. The van der Waals surface area contributed by atoms with Crippen molar-refractivity contribution in [2.75, 3.05) is 16.4 Å². The SMILES string of the molecule is CC(CCl)CS(=O)(=O)Nc1ccc(Cn2cccn2)cc1. The first kappa shape index (κ1) is 15.9. The Balaban J connectivity index is 1.99. The number of rotatable bonds is 7. The first-order chi connectivity index (χ1) is 9.98. The van der Waals surface area contributed by atoms with E-state index in [4.69, 9.17) is 11.6 Å². The van der Waals surface area contributed by atoms with Crippen molar-refractivity contribution in [2.24, 2.45) is 5.92 Å². The number of alkyl halides is 1. The van der Waals surface area contributed by atoms with E-state index in [-0.39, 0.29) is 11.7 Å². The minimum Gasteiger partial charge on any atom is -0.284 e. The smallest absolute Gasteiger partial charge is 0.233 e. The molecule has 21 heavy (non-hydrogen) atoms. The quantitative estimate of drug-likeness (QED) is 0.795. The van der Waals surface area contributed by atoms with Crippen LogP contribution in [0.3, 0.4) is 0 Å². The summed E-state index contributed by atoms with van der Waals surface area (Å²) in [5.41, 5.74) is 1.61. The highest BCUT2D eigenvalue weighted by atomic mass is 35.5. The van der Waals surface area contributed by atoms with Gasteiger partial charge in [0.2, 0.25) is 10.0 Å². The van der Waals surface area contributed by atoms with Gasteiger partial charge in [0, 0.05) is 24.0 Å². The summed E-state index contributed by atoms with van der Waals surface area (Å²) in [4.78, 5) is 0. The number of hydrogen-bond acceptors (Lipinski definition) is 3. The molecule has 7 heteroatoms. The van der Waals surface area contributed by atoms with Crippen LogP contribution in [0.1, 0.15) is 12.5 Å². The van der Waals surface area contributed by atoms with Crippen LogP contribution in [0.5, 0.6) is 0 Å². The normalized spacial score (nSPS) is 13.0. The number of nitrogens with zero attached hydrogens (tertiary/aromatic N) is 2. The van der Waals surface area contributed by atoms with E-state index in [1.165, 1.54) is 0 Å². The summed E-state index contributed by atoms with van der Waals surface area (Å²) >= 11 is 5.65. The van der Waals surface area contributed by atoms with Gasteiger partial charge in [-0.05, 0) is 29.7 Å². The maximum atomic E-state index is 11.9. The van der Waals surface area contributed by atoms with Crippen molar-refractivity contribution in [2.45, 2.75) is 13.5 Å². The first-order valence-corrected chi connectivity index (χ1v) is 8.80. The second-order valence-corrected chi connectivity index (χ2v) is 7.12. The zero-order valence-corrected chi connectivity index (χ0v) is 13.3. The molecule has 0 aliphatic carbocycles. The molecule has 5 nitrogen and oxygen atoms in total. The second-order valence-electron chi connectivity index (χ2n) is 5.04. The molecular formula is C14H18ClN3O2S. The molecule has 0 fully saturated rings. The lowest BCUT2D eigenvalue weighted by molar-refractivity contribution is 0.588. The molecule has 0 spiro atoms. The average Bonchev–Trinajstić information content (AvgIpc) is 2.93. The van der Waals surface area contributed by atoms with Gasteiger partial charge in [0.25, 0.3) is 0 Å². The number of nitrogens with one attached hydrogen (secondary N) is 1. The highest BCUT2D eigenvalue weighted by molar-refractivity contribution is 7.92. The fourth-order valence-electron chi connectivity index (χ4n) is 1.90. The summed E-state index contributed by atoms with van der Waals surface area (Å²) in [5.74, 6) is 0.262. The summed E-state index contributed by atoms with van der Waals surface area (Å²) in [5, 5.41) is 4.13. The molecule has 1 heterocycles. The van der Waals surface area contributed by atoms with Crippen molar-refractivity contribution in [3.63, 3.8) is 0 Å². The Morgan fingerprint density at radius 1 is 1.33 bits per heavy atom. The van der Waals surface area contributed by atoms with Crippen molar-refractivity contribution in [3.8, 4) is 0 Å². The van der Waals surface area contributed by atoms with Crippen LogP contribution in [0.2, 0.25) is 0 Å². The Bertz CT molecular complexity index is 654. The topological polar surface area (TPSA) is 64.0 Å². The fourth-order valence-corrected chi connectivity index (χ4v) is 3.58. The predicted molar refractivity (Wildman–Crippen MR) is 85.1 cm³/mol. The maximum Gasteiger partial charge on any atom is 0.233 e. The Morgan fingerprint density at radius 3 is 2.62 bits per heavy atom. The van der Waals surface area contributed by atoms with Gasteiger partial charge in [-0.25, -0.2) is 8.42 Å². The van der Waals surface area contributed by atoms with Crippen LogP contribution >= 0.6 is 11.6 Å². The van der Waals surface area contributed by atoms with E-state index in [1.54, 1.807) is 29.9 Å². The van der Waals surface area contributed by atoms with Gasteiger partial charge in [0.15, 0.2) is 0 Å². The van der Waals surface area contributed by atoms with Crippen LogP contribution in [-0.4, -0.2) is 29.8 Å². The monoisotopic (exact) mass is 327 g/mol. The van der Waals surface area contributed by atoms with E-state index in [0.717, 1.165) is 5.56 Å². The van der Waals surface area contributed by atoms with Gasteiger partial charge in [0.05, 0.1) is 12.3 Å². The van der Waals surface area contributed by atoms with Gasteiger partial charge in [-0.2, -0.15) is 5.10 Å². The molecule has 0 aliphatic heterocycles. The molecule has 0 bridgehead atoms. The zero-order chi connectivity index (χ0) is 15.3. The van der Waals surface area contributed by atoms with Crippen molar-refractivity contribution in [1.82, 2.24) is 9.78 Å². The number of sulfonamides is 1. The van der Waals surface area contributed by atoms with Gasteiger partial charge in [0.1, 0.15) is 0 Å². The minimum atomic E-state index is -3.36. The van der Waals surface area contributed by atoms with Crippen molar-refractivity contribution < 1.29 is 8.42 Å². The number of aromatic nitrogens is 2. The molecule has 0 saturated heterocycles. The molecule has 0 aliphatic rings. The van der Waals surface area contributed by atoms with Crippen LogP contribution < -0.4 is 4.72 Å². The molecule has 114 valence electrons. The highest BCUT2D eigenvalue weighted by Gasteiger charge is 2.15. The van der Waals surface area contributed by atoms with Crippen LogP contribution in [0.15, 0.2) is 42.7 Å². The third-order valence-corrected chi connectivity index (χ3v) is 4.98. The largest absolute Gasteiger partial charge is 0.284 e. The van der Waals surface area contributed by atoms with Crippen LogP contribution in [0, 0.1) is 5.92 Å². The number of halogens is 1. The van der Waals surface area contributed by atoms with Gasteiger partial charge < -0.3 is 0 Å². The molecule has 2 aromatic rings. The molecule has 1 atom stereocenters. The average molecular weight is 328 g/mol. The number of anilines is 1. The van der Waals surface area contributed by atoms with Crippen LogP contribution in [0.25, 0.3) is 0 Å². The molecule has 1 N–H and O–H groups in total. The van der Waals surface area contributed by atoms with E-state index in [0.29, 0.717) is 18.1 Å². The summed E-state index contributed by atoms with van der Waals surface area (Å²) in [6.07, 6.45) is 3.60. The third-order valence-electron chi connectivity index (χ3n) is 2.90. The highest BCUT2D eigenvalue weighted by Crippen LogP contribution is 2.14.